The van der Waals surface area contributed by atoms with Crippen molar-refractivity contribution in [3.8, 4) is 5.75 Å². The first-order chi connectivity index (χ1) is 10.6. The van der Waals surface area contributed by atoms with Crippen molar-refractivity contribution in [1.82, 2.24) is 10.3 Å². The Morgan fingerprint density at radius 2 is 2.05 bits per heavy atom. The molecule has 0 unspecified atom stereocenters. The zero-order valence-corrected chi connectivity index (χ0v) is 13.5. The van der Waals surface area contributed by atoms with E-state index >= 15 is 0 Å². The quantitative estimate of drug-likeness (QED) is 0.864. The molecule has 1 saturated carbocycles. The van der Waals surface area contributed by atoms with Crippen LogP contribution in [-0.4, -0.2) is 28.3 Å². The van der Waals surface area contributed by atoms with Crippen molar-refractivity contribution in [2.45, 2.75) is 37.8 Å². The molecule has 116 valence electrons. The van der Waals surface area contributed by atoms with Crippen molar-refractivity contribution in [2.24, 2.45) is 0 Å². The largest absolute Gasteiger partial charge is 0.489 e. The van der Waals surface area contributed by atoms with Crippen molar-refractivity contribution in [3.05, 3.63) is 35.1 Å². The Bertz CT molecular complexity index is 684. The molecule has 1 heterocycles. The Hall–Kier alpha value is -1.82. The van der Waals surface area contributed by atoms with Gasteiger partial charge in [-0.2, -0.15) is 0 Å². The second-order valence-electron chi connectivity index (χ2n) is 5.52. The van der Waals surface area contributed by atoms with Crippen LogP contribution in [0.25, 0.3) is 10.8 Å². The molecule has 1 aromatic heterocycles. The first kappa shape index (κ1) is 15.1. The third-order valence-electron chi connectivity index (χ3n) is 4.01. The summed E-state index contributed by atoms with van der Waals surface area (Å²) in [5, 5.41) is 13.4. The third kappa shape index (κ3) is 3.32. The maximum Gasteiger partial charge on any atom is 0.404 e. The maximum atomic E-state index is 10.7. The molecule has 1 aromatic carbocycles. The summed E-state index contributed by atoms with van der Waals surface area (Å²) in [6.45, 7) is 0. The fourth-order valence-electron chi connectivity index (χ4n) is 2.88. The topological polar surface area (TPSA) is 71.5 Å². The van der Waals surface area contributed by atoms with Gasteiger partial charge in [-0.3, -0.25) is 4.98 Å². The molecule has 0 saturated heterocycles. The lowest BCUT2D eigenvalue weighted by molar-refractivity contribution is 0.134. The van der Waals surface area contributed by atoms with Crippen LogP contribution in [0.4, 0.5) is 4.79 Å². The van der Waals surface area contributed by atoms with Crippen LogP contribution >= 0.6 is 15.9 Å². The van der Waals surface area contributed by atoms with Gasteiger partial charge in [-0.1, -0.05) is 0 Å². The number of pyridine rings is 1. The third-order valence-corrected chi connectivity index (χ3v) is 4.83. The molecule has 1 aliphatic rings. The predicted octanol–water partition coefficient (Wildman–Crippen LogP) is 3.95. The highest BCUT2D eigenvalue weighted by Gasteiger charge is 2.24. The molecule has 0 radical (unpaired) electrons. The van der Waals surface area contributed by atoms with Crippen molar-refractivity contribution in [3.63, 3.8) is 0 Å². The molecule has 1 amide bonds. The van der Waals surface area contributed by atoms with Crippen LogP contribution < -0.4 is 10.1 Å². The normalized spacial score (nSPS) is 21.5. The molecule has 0 bridgehead atoms. The van der Waals surface area contributed by atoms with Crippen LogP contribution in [0, 0.1) is 0 Å². The molecule has 2 aromatic rings. The minimum absolute atomic E-state index is 0.0449. The van der Waals surface area contributed by atoms with Gasteiger partial charge in [0.05, 0.1) is 10.6 Å². The lowest BCUT2D eigenvalue weighted by Gasteiger charge is -2.29. The molecule has 5 nitrogen and oxygen atoms in total. The summed E-state index contributed by atoms with van der Waals surface area (Å²) >= 11 is 3.61. The predicted molar refractivity (Wildman–Crippen MR) is 87.3 cm³/mol. The maximum absolute atomic E-state index is 10.7. The van der Waals surface area contributed by atoms with Gasteiger partial charge in [0.25, 0.3) is 0 Å². The highest BCUT2D eigenvalue weighted by molar-refractivity contribution is 9.10. The van der Waals surface area contributed by atoms with Gasteiger partial charge in [-0.05, 0) is 59.8 Å². The van der Waals surface area contributed by atoms with E-state index < -0.39 is 6.09 Å². The van der Waals surface area contributed by atoms with E-state index in [1.807, 2.05) is 24.4 Å². The number of carbonyl (C=O) groups is 1. The van der Waals surface area contributed by atoms with Crippen molar-refractivity contribution in [1.29, 1.82) is 0 Å². The first-order valence-electron chi connectivity index (χ1n) is 7.32. The molecule has 0 spiro atoms. The van der Waals surface area contributed by atoms with Gasteiger partial charge in [0.15, 0.2) is 0 Å². The lowest BCUT2D eigenvalue weighted by atomic mass is 9.93. The number of fused-ring (bicyclic) bond motifs is 1. The van der Waals surface area contributed by atoms with Gasteiger partial charge in [0, 0.05) is 29.2 Å². The number of benzene rings is 1. The highest BCUT2D eigenvalue weighted by Crippen LogP contribution is 2.35. The number of rotatable bonds is 3. The van der Waals surface area contributed by atoms with E-state index in [1.165, 1.54) is 0 Å². The van der Waals surface area contributed by atoms with Crippen molar-refractivity contribution < 1.29 is 14.6 Å². The highest BCUT2D eigenvalue weighted by atomic mass is 79.9. The number of ether oxygens (including phenoxy) is 1. The SMILES string of the molecule is O=C(O)NC1CCC(Oc2ccc3cnccc3c2Br)CC1. The van der Waals surface area contributed by atoms with E-state index in [9.17, 15) is 4.79 Å². The number of carboxylic acid groups (broad SMARTS) is 1. The molecule has 6 heteroatoms. The summed E-state index contributed by atoms with van der Waals surface area (Å²) in [7, 11) is 0. The van der Waals surface area contributed by atoms with Crippen LogP contribution in [0.5, 0.6) is 5.75 Å². The molecule has 3 rings (SSSR count). The van der Waals surface area contributed by atoms with E-state index in [0.29, 0.717) is 0 Å². The summed E-state index contributed by atoms with van der Waals surface area (Å²) in [5.41, 5.74) is 0. The van der Waals surface area contributed by atoms with Crippen LogP contribution in [0.3, 0.4) is 0 Å². The molecule has 22 heavy (non-hydrogen) atoms. The number of hydrogen-bond donors (Lipinski definition) is 2. The van der Waals surface area contributed by atoms with Gasteiger partial charge >= 0.3 is 6.09 Å². The average molecular weight is 365 g/mol. The van der Waals surface area contributed by atoms with E-state index in [4.69, 9.17) is 9.84 Å². The Morgan fingerprint density at radius 1 is 1.27 bits per heavy atom. The van der Waals surface area contributed by atoms with Crippen molar-refractivity contribution in [2.75, 3.05) is 0 Å². The number of amides is 1. The number of halogens is 1. The minimum atomic E-state index is -0.949. The monoisotopic (exact) mass is 364 g/mol. The fourth-order valence-corrected chi connectivity index (χ4v) is 3.47. The zero-order valence-electron chi connectivity index (χ0n) is 12.0. The number of nitrogens with one attached hydrogen (secondary N) is 1. The van der Waals surface area contributed by atoms with Gasteiger partial charge in [0.1, 0.15) is 5.75 Å². The summed E-state index contributed by atoms with van der Waals surface area (Å²) < 4.78 is 7.05. The molecule has 1 aliphatic carbocycles. The average Bonchev–Trinajstić information content (AvgIpc) is 2.52. The number of hydrogen-bond acceptors (Lipinski definition) is 3. The zero-order chi connectivity index (χ0) is 15.5. The van der Waals surface area contributed by atoms with Gasteiger partial charge in [-0.15, -0.1) is 0 Å². The van der Waals surface area contributed by atoms with E-state index in [2.05, 4.69) is 26.2 Å². The molecular weight excluding hydrogens is 348 g/mol. The van der Waals surface area contributed by atoms with Crippen LogP contribution in [-0.2, 0) is 0 Å². The van der Waals surface area contributed by atoms with Crippen LogP contribution in [0.1, 0.15) is 25.7 Å². The summed E-state index contributed by atoms with van der Waals surface area (Å²) in [6.07, 6.45) is 6.10. The number of nitrogens with zero attached hydrogens (tertiary/aromatic N) is 1. The molecular formula is C16H17BrN2O3. The Balaban J connectivity index is 1.67. The second kappa shape index (κ2) is 6.52. The van der Waals surface area contributed by atoms with E-state index in [0.717, 1.165) is 46.7 Å². The van der Waals surface area contributed by atoms with E-state index in [-0.39, 0.29) is 12.1 Å². The minimum Gasteiger partial charge on any atom is -0.489 e. The standard InChI is InChI=1S/C16H17BrN2O3/c17-15-13-7-8-18-9-10(13)1-6-14(15)22-12-4-2-11(3-5-12)19-16(20)21/h1,6-9,11-12,19H,2-5H2,(H,20,21). The molecule has 1 fully saturated rings. The molecule has 0 atom stereocenters. The van der Waals surface area contributed by atoms with Gasteiger partial charge < -0.3 is 15.2 Å². The Kier molecular flexibility index (Phi) is 4.47. The first-order valence-corrected chi connectivity index (χ1v) is 8.11. The fraction of sp³-hybridized carbons (Fsp3) is 0.375. The van der Waals surface area contributed by atoms with Crippen molar-refractivity contribution >= 4 is 32.8 Å². The Morgan fingerprint density at radius 3 is 2.77 bits per heavy atom. The molecule has 0 aliphatic heterocycles. The Labute approximate surface area is 136 Å². The van der Waals surface area contributed by atoms with Gasteiger partial charge in [-0.25, -0.2) is 4.79 Å². The van der Waals surface area contributed by atoms with Crippen LogP contribution in [0.15, 0.2) is 35.1 Å². The number of aromatic nitrogens is 1. The smallest absolute Gasteiger partial charge is 0.404 e. The van der Waals surface area contributed by atoms with E-state index in [1.54, 1.807) is 6.20 Å². The summed E-state index contributed by atoms with van der Waals surface area (Å²) in [6, 6.07) is 5.96. The van der Waals surface area contributed by atoms with Gasteiger partial charge in [0.2, 0.25) is 0 Å². The summed E-state index contributed by atoms with van der Waals surface area (Å²) in [4.78, 5) is 14.8. The summed E-state index contributed by atoms with van der Waals surface area (Å²) in [5.74, 6) is 0.827. The second-order valence-corrected chi connectivity index (χ2v) is 6.31. The lowest BCUT2D eigenvalue weighted by Crippen LogP contribution is -2.38. The molecule has 2 N–H and O–H groups in total. The van der Waals surface area contributed by atoms with Crippen LogP contribution in [0.2, 0.25) is 0 Å².